The molecule has 0 unspecified atom stereocenters. The lowest BCUT2D eigenvalue weighted by molar-refractivity contribution is -0.149. The first-order chi connectivity index (χ1) is 10.9. The lowest BCUT2D eigenvalue weighted by Gasteiger charge is -2.16. The first-order valence-electron chi connectivity index (χ1n) is 7.20. The normalized spacial score (nSPS) is 11.7. The second-order valence-corrected chi connectivity index (χ2v) is 5.34. The Hall–Kier alpha value is -2.44. The number of carbonyl (C=O) groups excluding carboxylic acids is 3. The van der Waals surface area contributed by atoms with Crippen LogP contribution >= 0.6 is 0 Å². The first-order valence-corrected chi connectivity index (χ1v) is 7.20. The molecule has 0 radical (unpaired) electrons. The quantitative estimate of drug-likeness (QED) is 0.586. The summed E-state index contributed by atoms with van der Waals surface area (Å²) in [5.41, 5.74) is 0.753. The van der Waals surface area contributed by atoms with Gasteiger partial charge in [-0.3, -0.25) is 4.79 Å². The van der Waals surface area contributed by atoms with Gasteiger partial charge >= 0.3 is 18.1 Å². The molecule has 1 atom stereocenters. The van der Waals surface area contributed by atoms with Crippen molar-refractivity contribution >= 4 is 18.1 Å². The number of hydrogen-bond acceptors (Lipinski definition) is 5. The number of alkyl carbamates (subject to hydrolysis) is 1. The molecule has 0 heterocycles. The van der Waals surface area contributed by atoms with Gasteiger partial charge in [-0.05, 0) is 11.5 Å². The second kappa shape index (κ2) is 9.55. The van der Waals surface area contributed by atoms with Crippen LogP contribution in [0.4, 0.5) is 9.18 Å². The summed E-state index contributed by atoms with van der Waals surface area (Å²) in [5, 5.41) is 2.15. The van der Waals surface area contributed by atoms with E-state index in [2.05, 4.69) is 5.32 Å². The number of hydrogen-bond donors (Lipinski definition) is 1. The molecular formula is C16H20FNO5. The summed E-state index contributed by atoms with van der Waals surface area (Å²) in [5.74, 6) is -0.799. The fraction of sp³-hybridized carbons (Fsp3) is 0.438. The molecule has 1 N–H and O–H groups in total. The molecular weight excluding hydrogens is 305 g/mol. The van der Waals surface area contributed by atoms with E-state index in [4.69, 9.17) is 9.47 Å². The van der Waals surface area contributed by atoms with Gasteiger partial charge in [0, 0.05) is 0 Å². The van der Waals surface area contributed by atoms with Gasteiger partial charge < -0.3 is 14.8 Å². The summed E-state index contributed by atoms with van der Waals surface area (Å²) in [4.78, 5) is 34.0. The number of esters is 1. The molecule has 0 saturated carbocycles. The standard InChI is InChI=1S/C16H20FNO5/c1-11(2)9-22-15(20)13(8-14(17)19)18-16(21)23-10-12-6-4-3-5-7-12/h3-7,11,13H,8-10H2,1-2H3,(H,18,21)/t13-/m0/s1. The third kappa shape index (κ3) is 7.94. The predicted molar refractivity (Wildman–Crippen MR) is 80.1 cm³/mol. The number of amides is 1. The molecule has 126 valence electrons. The summed E-state index contributed by atoms with van der Waals surface area (Å²) in [6.07, 6.45) is -1.72. The van der Waals surface area contributed by atoms with Gasteiger partial charge in [-0.25, -0.2) is 9.59 Å². The lowest BCUT2D eigenvalue weighted by atomic mass is 10.2. The van der Waals surface area contributed by atoms with Crippen molar-refractivity contribution in [3.63, 3.8) is 0 Å². The number of ether oxygens (including phenoxy) is 2. The third-order valence-corrected chi connectivity index (χ3v) is 2.71. The Balaban J connectivity index is 2.52. The Kier molecular flexibility index (Phi) is 7.73. The van der Waals surface area contributed by atoms with Crippen molar-refractivity contribution in [1.82, 2.24) is 5.32 Å². The van der Waals surface area contributed by atoms with Gasteiger partial charge in [-0.15, -0.1) is 0 Å². The number of benzene rings is 1. The summed E-state index contributed by atoms with van der Waals surface area (Å²) in [6, 6.07) is 5.76. The van der Waals surface area contributed by atoms with Crippen LogP contribution in [-0.2, 0) is 25.7 Å². The van der Waals surface area contributed by atoms with Crippen LogP contribution in [0.2, 0.25) is 0 Å². The van der Waals surface area contributed by atoms with Crippen LogP contribution < -0.4 is 5.32 Å². The summed E-state index contributed by atoms with van der Waals surface area (Å²) >= 11 is 0. The average molecular weight is 325 g/mol. The molecule has 0 bridgehead atoms. The molecule has 0 aromatic heterocycles. The smallest absolute Gasteiger partial charge is 0.408 e. The van der Waals surface area contributed by atoms with E-state index in [0.29, 0.717) is 0 Å². The molecule has 0 aliphatic heterocycles. The van der Waals surface area contributed by atoms with Crippen molar-refractivity contribution < 1.29 is 28.2 Å². The van der Waals surface area contributed by atoms with Crippen LogP contribution in [0, 0.1) is 5.92 Å². The monoisotopic (exact) mass is 325 g/mol. The second-order valence-electron chi connectivity index (χ2n) is 5.34. The molecule has 6 nitrogen and oxygen atoms in total. The van der Waals surface area contributed by atoms with Crippen molar-refractivity contribution in [1.29, 1.82) is 0 Å². The molecule has 1 rings (SSSR count). The summed E-state index contributed by atoms with van der Waals surface area (Å²) in [7, 11) is 0. The highest BCUT2D eigenvalue weighted by molar-refractivity contribution is 5.85. The maximum atomic E-state index is 12.6. The van der Waals surface area contributed by atoms with E-state index in [-0.39, 0.29) is 19.1 Å². The Labute approximate surface area is 134 Å². The van der Waals surface area contributed by atoms with Crippen molar-refractivity contribution in [2.75, 3.05) is 6.61 Å². The Morgan fingerprint density at radius 2 is 1.78 bits per heavy atom. The molecule has 1 aromatic rings. The van der Waals surface area contributed by atoms with Crippen molar-refractivity contribution in [3.8, 4) is 0 Å². The molecule has 0 saturated heterocycles. The maximum absolute atomic E-state index is 12.6. The number of halogens is 1. The van der Waals surface area contributed by atoms with Crippen LogP contribution in [0.1, 0.15) is 25.8 Å². The van der Waals surface area contributed by atoms with Crippen LogP contribution in [0.25, 0.3) is 0 Å². The highest BCUT2D eigenvalue weighted by Crippen LogP contribution is 2.04. The Morgan fingerprint density at radius 1 is 1.13 bits per heavy atom. The van der Waals surface area contributed by atoms with Crippen LogP contribution in [0.3, 0.4) is 0 Å². The van der Waals surface area contributed by atoms with Crippen molar-refractivity contribution in [2.45, 2.75) is 32.9 Å². The van der Waals surface area contributed by atoms with Crippen molar-refractivity contribution in [2.24, 2.45) is 5.92 Å². The van der Waals surface area contributed by atoms with E-state index in [9.17, 15) is 18.8 Å². The molecule has 0 aliphatic rings. The van der Waals surface area contributed by atoms with Gasteiger partial charge in [0.2, 0.25) is 0 Å². The molecule has 1 aromatic carbocycles. The minimum Gasteiger partial charge on any atom is -0.464 e. The Bertz CT molecular complexity index is 533. The van der Waals surface area contributed by atoms with Gasteiger partial charge in [0.25, 0.3) is 0 Å². The van der Waals surface area contributed by atoms with E-state index in [1.165, 1.54) is 0 Å². The predicted octanol–water partition coefficient (Wildman–Crippen LogP) is 2.37. The lowest BCUT2D eigenvalue weighted by Crippen LogP contribution is -2.43. The summed E-state index contributed by atoms with van der Waals surface area (Å²) < 4.78 is 22.4. The van der Waals surface area contributed by atoms with Gasteiger partial charge in [-0.2, -0.15) is 4.39 Å². The molecule has 0 aliphatic carbocycles. The highest BCUT2D eigenvalue weighted by atomic mass is 19.1. The van der Waals surface area contributed by atoms with E-state index < -0.39 is 30.6 Å². The van der Waals surface area contributed by atoms with Gasteiger partial charge in [-0.1, -0.05) is 44.2 Å². The average Bonchev–Trinajstić information content (AvgIpc) is 2.50. The fourth-order valence-electron chi connectivity index (χ4n) is 1.61. The number of nitrogens with one attached hydrogen (secondary N) is 1. The molecule has 23 heavy (non-hydrogen) atoms. The zero-order valence-corrected chi connectivity index (χ0v) is 13.1. The minimum absolute atomic E-state index is 0.00991. The van der Waals surface area contributed by atoms with Crippen LogP contribution in [-0.4, -0.2) is 30.7 Å². The van der Waals surface area contributed by atoms with Gasteiger partial charge in [0.05, 0.1) is 13.0 Å². The molecule has 0 fully saturated rings. The first kappa shape index (κ1) is 18.6. The zero-order valence-electron chi connectivity index (χ0n) is 13.1. The largest absolute Gasteiger partial charge is 0.464 e. The Morgan fingerprint density at radius 3 is 2.35 bits per heavy atom. The molecule has 0 spiro atoms. The van der Waals surface area contributed by atoms with E-state index in [1.54, 1.807) is 24.3 Å². The molecule has 7 heteroatoms. The van der Waals surface area contributed by atoms with Gasteiger partial charge in [0.1, 0.15) is 12.6 Å². The highest BCUT2D eigenvalue weighted by Gasteiger charge is 2.26. The maximum Gasteiger partial charge on any atom is 0.408 e. The summed E-state index contributed by atoms with van der Waals surface area (Å²) in [6.45, 7) is 3.74. The van der Waals surface area contributed by atoms with Crippen LogP contribution in [0.15, 0.2) is 30.3 Å². The van der Waals surface area contributed by atoms with Crippen LogP contribution in [0.5, 0.6) is 0 Å². The van der Waals surface area contributed by atoms with E-state index in [0.717, 1.165) is 5.56 Å². The number of rotatable bonds is 8. The van der Waals surface area contributed by atoms with E-state index in [1.807, 2.05) is 19.9 Å². The SMILES string of the molecule is CC(C)COC(=O)[C@H](CC(=O)F)NC(=O)OCc1ccccc1. The fourth-order valence-corrected chi connectivity index (χ4v) is 1.61. The zero-order chi connectivity index (χ0) is 17.2. The minimum atomic E-state index is -1.72. The number of carbonyl (C=O) groups is 3. The van der Waals surface area contributed by atoms with Gasteiger partial charge in [0.15, 0.2) is 0 Å². The topological polar surface area (TPSA) is 81.7 Å². The van der Waals surface area contributed by atoms with Crippen molar-refractivity contribution in [3.05, 3.63) is 35.9 Å². The van der Waals surface area contributed by atoms with E-state index >= 15 is 0 Å². The third-order valence-electron chi connectivity index (χ3n) is 2.71. The molecule has 1 amide bonds.